The molecule has 3 rings (SSSR count). The zero-order chi connectivity index (χ0) is 19.4. The maximum atomic E-state index is 12.2. The van der Waals surface area contributed by atoms with Crippen molar-refractivity contribution in [3.05, 3.63) is 23.0 Å². The average molecular weight is 389 g/mol. The number of aryl methyl sites for hydroxylation is 1. The van der Waals surface area contributed by atoms with Crippen molar-refractivity contribution >= 4 is 28.0 Å². The molecule has 3 aromatic rings. The van der Waals surface area contributed by atoms with Gasteiger partial charge in [0.1, 0.15) is 5.01 Å². The SMILES string of the molecule is CC(C)Cc1nnc(NC(=O)CCc2nnc3ccc(OC(C)C)nn23)s1. The molecule has 0 spiro atoms. The van der Waals surface area contributed by atoms with Gasteiger partial charge in [-0.05, 0) is 25.8 Å². The summed E-state index contributed by atoms with van der Waals surface area (Å²) in [4.78, 5) is 12.2. The molecule has 0 aliphatic rings. The minimum Gasteiger partial charge on any atom is -0.474 e. The Bertz CT molecular complexity index is 919. The lowest BCUT2D eigenvalue weighted by Crippen LogP contribution is -2.14. The molecule has 144 valence electrons. The Labute approximate surface area is 161 Å². The molecule has 0 radical (unpaired) electrons. The van der Waals surface area contributed by atoms with E-state index < -0.39 is 0 Å². The van der Waals surface area contributed by atoms with Gasteiger partial charge in [-0.25, -0.2) is 0 Å². The van der Waals surface area contributed by atoms with E-state index in [2.05, 4.69) is 44.7 Å². The van der Waals surface area contributed by atoms with Gasteiger partial charge >= 0.3 is 0 Å². The van der Waals surface area contributed by atoms with Crippen molar-refractivity contribution in [2.75, 3.05) is 5.32 Å². The van der Waals surface area contributed by atoms with Crippen molar-refractivity contribution in [2.24, 2.45) is 5.92 Å². The Hall–Kier alpha value is -2.62. The molecule has 0 bridgehead atoms. The van der Waals surface area contributed by atoms with Crippen molar-refractivity contribution in [2.45, 2.75) is 53.1 Å². The summed E-state index contributed by atoms with van der Waals surface area (Å²) in [7, 11) is 0. The molecule has 0 fully saturated rings. The lowest BCUT2D eigenvalue weighted by molar-refractivity contribution is -0.116. The first-order chi connectivity index (χ1) is 12.9. The summed E-state index contributed by atoms with van der Waals surface area (Å²) < 4.78 is 7.21. The van der Waals surface area contributed by atoms with Crippen LogP contribution in [0.15, 0.2) is 12.1 Å². The number of nitrogens with zero attached hydrogens (tertiary/aromatic N) is 6. The van der Waals surface area contributed by atoms with Gasteiger partial charge in [-0.1, -0.05) is 25.2 Å². The first-order valence-electron chi connectivity index (χ1n) is 8.91. The highest BCUT2D eigenvalue weighted by Gasteiger charge is 2.13. The number of hydrogen-bond donors (Lipinski definition) is 1. The van der Waals surface area contributed by atoms with Crippen molar-refractivity contribution < 1.29 is 9.53 Å². The van der Waals surface area contributed by atoms with Crippen molar-refractivity contribution in [1.29, 1.82) is 0 Å². The number of carbonyl (C=O) groups excluding carboxylic acids is 1. The number of ether oxygens (including phenoxy) is 1. The van der Waals surface area contributed by atoms with E-state index in [4.69, 9.17) is 4.74 Å². The molecule has 0 atom stereocenters. The topological polar surface area (TPSA) is 107 Å². The van der Waals surface area contributed by atoms with E-state index in [1.807, 2.05) is 13.8 Å². The maximum absolute atomic E-state index is 12.2. The molecule has 10 heteroatoms. The van der Waals surface area contributed by atoms with Crippen LogP contribution in [0.3, 0.4) is 0 Å². The van der Waals surface area contributed by atoms with E-state index in [9.17, 15) is 4.79 Å². The summed E-state index contributed by atoms with van der Waals surface area (Å²) in [6, 6.07) is 3.55. The summed E-state index contributed by atoms with van der Waals surface area (Å²) in [6.07, 6.45) is 1.53. The molecule has 0 aliphatic heterocycles. The Kier molecular flexibility index (Phi) is 5.94. The predicted molar refractivity (Wildman–Crippen MR) is 102 cm³/mol. The highest BCUT2D eigenvalue weighted by molar-refractivity contribution is 7.15. The van der Waals surface area contributed by atoms with Gasteiger partial charge in [0, 0.05) is 25.3 Å². The van der Waals surface area contributed by atoms with Crippen LogP contribution in [0.5, 0.6) is 5.88 Å². The number of nitrogens with one attached hydrogen (secondary N) is 1. The summed E-state index contributed by atoms with van der Waals surface area (Å²) in [5.74, 6) is 1.45. The Morgan fingerprint density at radius 3 is 2.74 bits per heavy atom. The molecule has 1 N–H and O–H groups in total. The third-order valence-corrected chi connectivity index (χ3v) is 4.39. The minimum atomic E-state index is -0.145. The summed E-state index contributed by atoms with van der Waals surface area (Å²) in [6.45, 7) is 8.11. The van der Waals surface area contributed by atoms with Gasteiger partial charge in [0.25, 0.3) is 0 Å². The van der Waals surface area contributed by atoms with Crippen LogP contribution in [-0.2, 0) is 17.6 Å². The Morgan fingerprint density at radius 1 is 1.19 bits per heavy atom. The van der Waals surface area contributed by atoms with Gasteiger partial charge in [0.2, 0.25) is 16.9 Å². The van der Waals surface area contributed by atoms with Crippen LogP contribution in [-0.4, -0.2) is 42.0 Å². The largest absolute Gasteiger partial charge is 0.474 e. The number of amides is 1. The summed E-state index contributed by atoms with van der Waals surface area (Å²) in [5, 5.41) is 24.9. The molecule has 0 aromatic carbocycles. The highest BCUT2D eigenvalue weighted by Crippen LogP contribution is 2.18. The third-order valence-electron chi connectivity index (χ3n) is 3.53. The lowest BCUT2D eigenvalue weighted by atomic mass is 10.1. The van der Waals surface area contributed by atoms with Crippen LogP contribution in [0, 0.1) is 5.92 Å². The van der Waals surface area contributed by atoms with E-state index in [1.54, 1.807) is 16.6 Å². The molecule has 0 unspecified atom stereocenters. The van der Waals surface area contributed by atoms with Crippen molar-refractivity contribution in [1.82, 2.24) is 30.0 Å². The van der Waals surface area contributed by atoms with E-state index in [0.29, 0.717) is 34.8 Å². The van der Waals surface area contributed by atoms with Gasteiger partial charge < -0.3 is 10.1 Å². The number of aromatic nitrogens is 6. The first kappa shape index (κ1) is 19.2. The molecular formula is C17H23N7O2S. The van der Waals surface area contributed by atoms with E-state index in [0.717, 1.165) is 11.4 Å². The molecule has 3 heterocycles. The Balaban J connectivity index is 1.60. The smallest absolute Gasteiger partial charge is 0.232 e. The zero-order valence-electron chi connectivity index (χ0n) is 15.8. The number of hydrogen-bond acceptors (Lipinski definition) is 8. The van der Waals surface area contributed by atoms with E-state index >= 15 is 0 Å². The van der Waals surface area contributed by atoms with Gasteiger partial charge in [-0.15, -0.1) is 25.5 Å². The standard InChI is InChI=1S/C17H23N7O2S/c1-10(2)9-16-21-22-17(27-16)18-14(25)7-5-12-19-20-13-6-8-15(23-24(12)13)26-11(3)4/h6,8,10-11H,5,7,9H2,1-4H3,(H,18,22,25). The predicted octanol–water partition coefficient (Wildman–Crippen LogP) is 2.53. The van der Waals surface area contributed by atoms with Gasteiger partial charge in [-0.3, -0.25) is 4.79 Å². The molecule has 0 saturated carbocycles. The molecule has 3 aromatic heterocycles. The fraction of sp³-hybridized carbons (Fsp3) is 0.529. The maximum Gasteiger partial charge on any atom is 0.232 e. The molecular weight excluding hydrogens is 366 g/mol. The van der Waals surface area contributed by atoms with Crippen LogP contribution >= 0.6 is 11.3 Å². The first-order valence-corrected chi connectivity index (χ1v) is 9.72. The van der Waals surface area contributed by atoms with E-state index in [-0.39, 0.29) is 18.4 Å². The second-order valence-electron chi connectivity index (χ2n) is 6.87. The summed E-state index contributed by atoms with van der Waals surface area (Å²) in [5.41, 5.74) is 0.615. The fourth-order valence-corrected chi connectivity index (χ4v) is 3.39. The number of carbonyl (C=O) groups is 1. The second-order valence-corrected chi connectivity index (χ2v) is 7.93. The zero-order valence-corrected chi connectivity index (χ0v) is 16.7. The van der Waals surface area contributed by atoms with Crippen LogP contribution in [0.1, 0.15) is 44.9 Å². The monoisotopic (exact) mass is 389 g/mol. The second kappa shape index (κ2) is 8.38. The quantitative estimate of drug-likeness (QED) is 0.631. The molecule has 27 heavy (non-hydrogen) atoms. The van der Waals surface area contributed by atoms with Crippen LogP contribution < -0.4 is 10.1 Å². The molecule has 0 aliphatic carbocycles. The normalized spacial score (nSPS) is 11.5. The summed E-state index contributed by atoms with van der Waals surface area (Å²) >= 11 is 1.41. The average Bonchev–Trinajstić information content (AvgIpc) is 3.18. The van der Waals surface area contributed by atoms with Crippen LogP contribution in [0.25, 0.3) is 5.65 Å². The van der Waals surface area contributed by atoms with Crippen LogP contribution in [0.4, 0.5) is 5.13 Å². The Morgan fingerprint density at radius 2 is 2.00 bits per heavy atom. The highest BCUT2D eigenvalue weighted by atomic mass is 32.1. The molecule has 1 amide bonds. The van der Waals surface area contributed by atoms with Gasteiger partial charge in [0.15, 0.2) is 11.5 Å². The lowest BCUT2D eigenvalue weighted by Gasteiger charge is -2.08. The number of anilines is 1. The van der Waals surface area contributed by atoms with Crippen LogP contribution in [0.2, 0.25) is 0 Å². The number of fused-ring (bicyclic) bond motifs is 1. The minimum absolute atomic E-state index is 0.0214. The van der Waals surface area contributed by atoms with Crippen molar-refractivity contribution in [3.8, 4) is 5.88 Å². The van der Waals surface area contributed by atoms with Gasteiger partial charge in [-0.2, -0.15) is 4.52 Å². The van der Waals surface area contributed by atoms with E-state index in [1.165, 1.54) is 11.3 Å². The van der Waals surface area contributed by atoms with Gasteiger partial charge in [0.05, 0.1) is 6.10 Å². The number of rotatable bonds is 8. The fourth-order valence-electron chi connectivity index (χ4n) is 2.42. The van der Waals surface area contributed by atoms with Crippen molar-refractivity contribution in [3.63, 3.8) is 0 Å². The molecule has 0 saturated heterocycles. The third kappa shape index (κ3) is 5.19. The molecule has 9 nitrogen and oxygen atoms in total.